The Balaban J connectivity index is 0. The van der Waals surface area contributed by atoms with Crippen molar-refractivity contribution >= 4 is 0 Å². The van der Waals surface area contributed by atoms with Crippen molar-refractivity contribution in [3.63, 3.8) is 0 Å². The number of allylic oxidation sites excluding steroid dienone is 4. The topological polar surface area (TPSA) is 209 Å². The first-order valence-corrected chi connectivity index (χ1v) is 24.4. The van der Waals surface area contributed by atoms with Crippen LogP contribution in [-0.2, 0) is 52.1 Å². The molecule has 0 saturated carbocycles. The Hall–Kier alpha value is -1.68. The summed E-state index contributed by atoms with van der Waals surface area (Å²) >= 11 is 0. The maximum atomic E-state index is 10.7. The van der Waals surface area contributed by atoms with Crippen LogP contribution in [0.2, 0.25) is 0 Å². The Labute approximate surface area is 412 Å². The minimum atomic E-state index is -0.551. The van der Waals surface area contributed by atoms with Crippen LogP contribution in [0.4, 0.5) is 0 Å². The maximum Gasteiger partial charge on any atom is 0.184 e. The molecule has 19 unspecified atom stereocenters. The number of hydrogen-bond acceptors (Lipinski definition) is 16. The molecule has 0 aromatic heterocycles. The highest BCUT2D eigenvalue weighted by Gasteiger charge is 2.51. The Morgan fingerprint density at radius 3 is 1.29 bits per heavy atom. The van der Waals surface area contributed by atoms with E-state index in [1.807, 2.05) is 78.0 Å². The lowest BCUT2D eigenvalue weighted by Gasteiger charge is -2.39. The van der Waals surface area contributed by atoms with Crippen molar-refractivity contribution in [1.82, 2.24) is 0 Å². The molecule has 4 fully saturated rings. The highest BCUT2D eigenvalue weighted by Crippen LogP contribution is 2.39. The Bertz CT molecular complexity index is 1340. The van der Waals surface area contributed by atoms with Crippen LogP contribution in [0, 0.1) is 23.7 Å². The van der Waals surface area contributed by atoms with Gasteiger partial charge < -0.3 is 77.6 Å². The zero-order valence-corrected chi connectivity index (χ0v) is 45.7. The number of hydrogen-bond donors (Lipinski definition) is 5. The minimum absolute atomic E-state index is 0.00719. The molecular formula is C52H100O16. The van der Waals surface area contributed by atoms with Crippen molar-refractivity contribution in [2.24, 2.45) is 23.7 Å². The van der Waals surface area contributed by atoms with Crippen LogP contribution in [0.3, 0.4) is 0 Å². The van der Waals surface area contributed by atoms with Crippen LogP contribution in [0.15, 0.2) is 47.6 Å². The summed E-state index contributed by atoms with van der Waals surface area (Å²) in [5.74, 6) is 0.483. The molecule has 4 saturated heterocycles. The molecular weight excluding hydrogens is 881 g/mol. The maximum absolute atomic E-state index is 10.7. The van der Waals surface area contributed by atoms with Gasteiger partial charge >= 0.3 is 0 Å². The van der Waals surface area contributed by atoms with E-state index in [1.54, 1.807) is 49.8 Å². The van der Waals surface area contributed by atoms with Crippen LogP contribution in [0.25, 0.3) is 0 Å². The summed E-state index contributed by atoms with van der Waals surface area (Å²) in [6.45, 7) is 21.1. The molecule has 16 nitrogen and oxygen atoms in total. The number of epoxide rings is 2. The van der Waals surface area contributed by atoms with Gasteiger partial charge in [-0.25, -0.2) is 0 Å². The zero-order chi connectivity index (χ0) is 52.7. The molecule has 4 rings (SSSR count). The van der Waals surface area contributed by atoms with E-state index in [0.29, 0.717) is 13.0 Å². The second-order valence-electron chi connectivity index (χ2n) is 17.1. The lowest BCUT2D eigenvalue weighted by Crippen LogP contribution is -2.49. The second kappa shape index (κ2) is 38.9. The van der Waals surface area contributed by atoms with Crippen molar-refractivity contribution in [2.75, 3.05) is 77.7 Å². The molecule has 0 aromatic rings. The third-order valence-corrected chi connectivity index (χ3v) is 13.1. The molecule has 4 heterocycles. The normalized spacial score (nSPS) is 31.5. The highest BCUT2D eigenvalue weighted by atomic mass is 16.7. The molecule has 0 spiro atoms. The summed E-state index contributed by atoms with van der Waals surface area (Å²) in [4.78, 5) is 0. The number of ether oxygens (including phenoxy) is 11. The lowest BCUT2D eigenvalue weighted by molar-refractivity contribution is -0.256. The summed E-state index contributed by atoms with van der Waals surface area (Å²) < 4.78 is 62.2. The largest absolute Gasteiger partial charge is 0.400 e. The highest BCUT2D eigenvalue weighted by molar-refractivity contribution is 5.19. The van der Waals surface area contributed by atoms with Gasteiger partial charge in [0.25, 0.3) is 0 Å². The van der Waals surface area contributed by atoms with Crippen LogP contribution >= 0.6 is 0 Å². The summed E-state index contributed by atoms with van der Waals surface area (Å²) in [6, 6.07) is 0. The molecule has 16 heteroatoms. The molecule has 68 heavy (non-hydrogen) atoms. The van der Waals surface area contributed by atoms with Gasteiger partial charge in [0.05, 0.1) is 61.5 Å². The first-order valence-electron chi connectivity index (χ1n) is 24.4. The summed E-state index contributed by atoms with van der Waals surface area (Å²) in [5.41, 5.74) is 2.13. The molecule has 0 aromatic carbocycles. The van der Waals surface area contributed by atoms with E-state index in [4.69, 9.17) is 67.4 Å². The number of methoxy groups -OCH3 is 7. The first-order chi connectivity index (χ1) is 32.7. The molecule has 0 radical (unpaired) electrons. The van der Waals surface area contributed by atoms with E-state index in [-0.39, 0.29) is 96.9 Å². The fourth-order valence-corrected chi connectivity index (χ4v) is 8.77. The molecule has 404 valence electrons. The minimum Gasteiger partial charge on any atom is -0.400 e. The van der Waals surface area contributed by atoms with Gasteiger partial charge in [-0.15, -0.1) is 0 Å². The van der Waals surface area contributed by atoms with Crippen molar-refractivity contribution in [3.8, 4) is 0 Å². The monoisotopic (exact) mass is 981 g/mol. The first kappa shape index (κ1) is 68.4. The van der Waals surface area contributed by atoms with Gasteiger partial charge in [-0.3, -0.25) is 0 Å². The quantitative estimate of drug-likeness (QED) is 0.0580. The van der Waals surface area contributed by atoms with E-state index >= 15 is 0 Å². The number of aliphatic hydroxyl groups is 5. The van der Waals surface area contributed by atoms with Gasteiger partial charge in [-0.2, -0.15) is 0 Å². The molecule has 19 atom stereocenters. The van der Waals surface area contributed by atoms with E-state index in [2.05, 4.69) is 27.7 Å². The van der Waals surface area contributed by atoms with E-state index < -0.39 is 18.5 Å². The molecule has 4 aliphatic rings. The Morgan fingerprint density at radius 1 is 0.544 bits per heavy atom. The third-order valence-electron chi connectivity index (χ3n) is 13.1. The third kappa shape index (κ3) is 21.6. The van der Waals surface area contributed by atoms with Gasteiger partial charge in [0.1, 0.15) is 30.5 Å². The zero-order valence-electron chi connectivity index (χ0n) is 45.7. The van der Waals surface area contributed by atoms with E-state index in [1.165, 1.54) is 0 Å². The SMILES string of the molecule is CC.CCC(OC)C(C)C1OC1C(O)C(C)/C=C/C=C(\C)C1OC(OC)C(OC)CC1OC.CCC(OC)C(C)C1OC1C(O)C(C)/C=C/C=C(\C)C1OCC(OC)CC1OC.CO.CO.CO. The molecule has 0 bridgehead atoms. The van der Waals surface area contributed by atoms with Crippen LogP contribution in [0.1, 0.15) is 94.9 Å². The molecule has 4 aliphatic heterocycles. The lowest BCUT2D eigenvalue weighted by atomic mass is 9.91. The van der Waals surface area contributed by atoms with Crippen LogP contribution in [-0.4, -0.2) is 195 Å². The predicted molar refractivity (Wildman–Crippen MR) is 268 cm³/mol. The van der Waals surface area contributed by atoms with Crippen LogP contribution < -0.4 is 0 Å². The average Bonchev–Trinajstić information content (AvgIpc) is 4.34. The van der Waals surface area contributed by atoms with Crippen molar-refractivity contribution < 1.29 is 77.6 Å². The summed E-state index contributed by atoms with van der Waals surface area (Å²) in [6.07, 6.45) is 13.6. The van der Waals surface area contributed by atoms with Gasteiger partial charge in [0, 0.05) is 108 Å². The van der Waals surface area contributed by atoms with Crippen molar-refractivity contribution in [1.29, 1.82) is 0 Å². The van der Waals surface area contributed by atoms with E-state index in [0.717, 1.165) is 51.7 Å². The summed E-state index contributed by atoms with van der Waals surface area (Å²) in [7, 11) is 14.8. The molecule has 0 amide bonds. The van der Waals surface area contributed by atoms with Crippen LogP contribution in [0.5, 0.6) is 0 Å². The second-order valence-corrected chi connectivity index (χ2v) is 17.1. The van der Waals surface area contributed by atoms with Gasteiger partial charge in [0.15, 0.2) is 6.29 Å². The molecule has 5 N–H and O–H groups in total. The standard InChI is InChI=1S/C24H42O7.C23H40O6.C2H6.3CH4O/c1-9-17(26-5)16(4)22-23(30-22)20(25)14(2)11-10-12-15(3)21-18(27-6)13-19(28-7)24(29-8)31-21;1-8-18(26-6)16(4)22-23(29-22)20(24)14(2)10-9-11-15(3)21-19(27-7)12-17(25-5)13-28-21;4*1-2/h10-12,14,16-25H,9,13H2,1-8H3;9-11,14,16-24H,8,12-13H2,1-7H3;1-2H3;3*2H,1H3/b11-10+,15-12+;10-9+,15-11+;;;;. The van der Waals surface area contributed by atoms with Crippen molar-refractivity contribution in [3.05, 3.63) is 47.6 Å². The number of aliphatic hydroxyl groups excluding tert-OH is 5. The predicted octanol–water partition coefficient (Wildman–Crippen LogP) is 6.09. The van der Waals surface area contributed by atoms with Gasteiger partial charge in [-0.1, -0.05) is 91.8 Å². The Morgan fingerprint density at radius 2 is 0.941 bits per heavy atom. The van der Waals surface area contributed by atoms with Crippen molar-refractivity contribution in [2.45, 2.75) is 187 Å². The average molecular weight is 981 g/mol. The smallest absolute Gasteiger partial charge is 0.184 e. The van der Waals surface area contributed by atoms with E-state index in [9.17, 15) is 10.2 Å². The fourth-order valence-electron chi connectivity index (χ4n) is 8.77. The summed E-state index contributed by atoms with van der Waals surface area (Å²) in [5, 5.41) is 42.4. The molecule has 0 aliphatic carbocycles. The number of rotatable bonds is 23. The Kier molecular flexibility index (Phi) is 39.2. The fraction of sp³-hybridized carbons (Fsp3) is 0.846. The van der Waals surface area contributed by atoms with Gasteiger partial charge in [0.2, 0.25) is 0 Å². The van der Waals surface area contributed by atoms with Gasteiger partial charge in [-0.05, 0) is 37.8 Å².